The van der Waals surface area contributed by atoms with Crippen molar-refractivity contribution in [2.75, 3.05) is 6.54 Å². The molecule has 1 aliphatic rings. The normalized spacial score (nSPS) is 18.4. The first kappa shape index (κ1) is 25.2. The quantitative estimate of drug-likeness (QED) is 0.477. The first-order valence-electron chi connectivity index (χ1n) is 11.3. The Bertz CT molecular complexity index is 986. The molecule has 0 bridgehead atoms. The van der Waals surface area contributed by atoms with Crippen molar-refractivity contribution in [1.82, 2.24) is 9.88 Å². The number of hydrogen-bond acceptors (Lipinski definition) is 7. The minimum atomic E-state index is -0.904. The highest BCUT2D eigenvalue weighted by molar-refractivity contribution is 5.90. The molecule has 1 aromatic carbocycles. The molecule has 2 heterocycles. The lowest BCUT2D eigenvalue weighted by molar-refractivity contribution is -0.160. The molecule has 0 radical (unpaired) electrons. The molecule has 8 heteroatoms. The molecule has 34 heavy (non-hydrogen) atoms. The van der Waals surface area contributed by atoms with Crippen molar-refractivity contribution in [2.45, 2.75) is 71.3 Å². The van der Waals surface area contributed by atoms with Crippen LogP contribution in [-0.4, -0.2) is 57.8 Å². The standard InChI is InChI=1S/C26H32N2O6/c1-25(2,3)33-23(30)21-15-19(16-28(21)24(31)34-26(4,5)6)32-22(29)18-12-10-17(11-13-18)20-9-7-8-14-27-20/h7-14,19,21H,15-16H2,1-6H3/t19-,21-/m0/s1. The second-order valence-electron chi connectivity index (χ2n) is 10.2. The van der Waals surface area contributed by atoms with Gasteiger partial charge in [-0.3, -0.25) is 9.88 Å². The van der Waals surface area contributed by atoms with Crippen molar-refractivity contribution < 1.29 is 28.6 Å². The Morgan fingerprint density at radius 1 is 0.912 bits per heavy atom. The minimum Gasteiger partial charge on any atom is -0.458 e. The summed E-state index contributed by atoms with van der Waals surface area (Å²) in [6.45, 7) is 10.5. The summed E-state index contributed by atoms with van der Waals surface area (Å²) in [5.74, 6) is -1.09. The largest absolute Gasteiger partial charge is 0.458 e. The number of likely N-dealkylation sites (tertiary alicyclic amines) is 1. The van der Waals surface area contributed by atoms with Gasteiger partial charge in [-0.05, 0) is 65.8 Å². The van der Waals surface area contributed by atoms with Gasteiger partial charge < -0.3 is 14.2 Å². The van der Waals surface area contributed by atoms with Crippen LogP contribution in [0.4, 0.5) is 4.79 Å². The van der Waals surface area contributed by atoms with Crippen LogP contribution in [0.15, 0.2) is 48.7 Å². The van der Waals surface area contributed by atoms with Crippen LogP contribution in [0.3, 0.4) is 0 Å². The summed E-state index contributed by atoms with van der Waals surface area (Å²) in [5.41, 5.74) is 0.579. The molecule has 0 unspecified atom stereocenters. The van der Waals surface area contributed by atoms with E-state index in [1.807, 2.05) is 18.2 Å². The van der Waals surface area contributed by atoms with Crippen LogP contribution in [0.2, 0.25) is 0 Å². The molecule has 3 rings (SSSR count). The van der Waals surface area contributed by atoms with E-state index < -0.39 is 41.4 Å². The Balaban J connectivity index is 1.71. The predicted molar refractivity (Wildman–Crippen MR) is 126 cm³/mol. The number of ether oxygens (including phenoxy) is 3. The fourth-order valence-electron chi connectivity index (χ4n) is 3.53. The van der Waals surface area contributed by atoms with Gasteiger partial charge in [0.2, 0.25) is 0 Å². The highest BCUT2D eigenvalue weighted by Gasteiger charge is 2.45. The topological polar surface area (TPSA) is 95.0 Å². The van der Waals surface area contributed by atoms with Crippen molar-refractivity contribution in [3.8, 4) is 11.3 Å². The molecule has 0 N–H and O–H groups in total. The first-order chi connectivity index (χ1) is 15.8. The Morgan fingerprint density at radius 2 is 1.56 bits per heavy atom. The van der Waals surface area contributed by atoms with Gasteiger partial charge in [-0.2, -0.15) is 0 Å². The third-order valence-corrected chi connectivity index (χ3v) is 4.92. The van der Waals surface area contributed by atoms with E-state index in [0.717, 1.165) is 11.3 Å². The van der Waals surface area contributed by atoms with Gasteiger partial charge in [-0.15, -0.1) is 0 Å². The number of carbonyl (C=O) groups is 3. The summed E-state index contributed by atoms with van der Waals surface area (Å²) in [6.07, 6.45) is 0.510. The number of pyridine rings is 1. The summed E-state index contributed by atoms with van der Waals surface area (Å²) in [6, 6.07) is 11.6. The van der Waals surface area contributed by atoms with Gasteiger partial charge in [0.1, 0.15) is 23.3 Å². The molecule has 0 aliphatic carbocycles. The van der Waals surface area contributed by atoms with Crippen LogP contribution in [0.5, 0.6) is 0 Å². The van der Waals surface area contributed by atoms with E-state index in [0.29, 0.717) is 5.56 Å². The molecule has 1 aliphatic heterocycles. The number of rotatable bonds is 4. The van der Waals surface area contributed by atoms with E-state index in [-0.39, 0.29) is 13.0 Å². The lowest BCUT2D eigenvalue weighted by Crippen LogP contribution is -2.45. The van der Waals surface area contributed by atoms with Crippen molar-refractivity contribution in [3.05, 3.63) is 54.2 Å². The van der Waals surface area contributed by atoms with Gasteiger partial charge in [0.05, 0.1) is 17.8 Å². The zero-order valence-corrected chi connectivity index (χ0v) is 20.5. The highest BCUT2D eigenvalue weighted by Crippen LogP contribution is 2.27. The Labute approximate surface area is 200 Å². The molecule has 0 spiro atoms. The van der Waals surface area contributed by atoms with Crippen LogP contribution in [0, 0.1) is 0 Å². The number of esters is 2. The molecule has 8 nitrogen and oxygen atoms in total. The molecular formula is C26H32N2O6. The van der Waals surface area contributed by atoms with Crippen molar-refractivity contribution in [3.63, 3.8) is 0 Å². The third kappa shape index (κ3) is 6.79. The van der Waals surface area contributed by atoms with E-state index in [4.69, 9.17) is 14.2 Å². The Morgan fingerprint density at radius 3 is 2.12 bits per heavy atom. The summed E-state index contributed by atoms with van der Waals surface area (Å²) in [7, 11) is 0. The molecule has 2 atom stereocenters. The molecule has 2 aromatic rings. The summed E-state index contributed by atoms with van der Waals surface area (Å²) in [5, 5.41) is 0. The minimum absolute atomic E-state index is 0.0383. The number of benzene rings is 1. The number of nitrogens with zero attached hydrogens (tertiary/aromatic N) is 2. The summed E-state index contributed by atoms with van der Waals surface area (Å²) < 4.78 is 16.6. The average Bonchev–Trinajstić information content (AvgIpc) is 3.16. The third-order valence-electron chi connectivity index (χ3n) is 4.92. The van der Waals surface area contributed by atoms with Crippen LogP contribution in [0.1, 0.15) is 58.3 Å². The number of hydrogen-bond donors (Lipinski definition) is 0. The molecule has 1 amide bonds. The zero-order chi connectivity index (χ0) is 25.1. The van der Waals surface area contributed by atoms with Crippen LogP contribution >= 0.6 is 0 Å². The average molecular weight is 469 g/mol. The van der Waals surface area contributed by atoms with Gasteiger partial charge in [0, 0.05) is 18.2 Å². The Kier molecular flexibility index (Phi) is 7.29. The van der Waals surface area contributed by atoms with Gasteiger partial charge in [-0.1, -0.05) is 18.2 Å². The lowest BCUT2D eigenvalue weighted by Gasteiger charge is -2.29. The maximum absolute atomic E-state index is 12.8. The van der Waals surface area contributed by atoms with E-state index in [1.165, 1.54) is 4.90 Å². The number of carbonyl (C=O) groups excluding carboxylic acids is 3. The maximum atomic E-state index is 12.8. The van der Waals surface area contributed by atoms with Crippen LogP contribution in [0.25, 0.3) is 11.3 Å². The Hall–Kier alpha value is -3.42. The van der Waals surface area contributed by atoms with E-state index in [1.54, 1.807) is 72.0 Å². The van der Waals surface area contributed by atoms with Gasteiger partial charge >= 0.3 is 18.0 Å². The van der Waals surface area contributed by atoms with E-state index >= 15 is 0 Å². The van der Waals surface area contributed by atoms with E-state index in [9.17, 15) is 14.4 Å². The van der Waals surface area contributed by atoms with Crippen LogP contribution < -0.4 is 0 Å². The molecule has 1 saturated heterocycles. The van der Waals surface area contributed by atoms with Gasteiger partial charge in [-0.25, -0.2) is 14.4 Å². The predicted octanol–water partition coefficient (Wildman–Crippen LogP) is 4.63. The molecule has 0 saturated carbocycles. The highest BCUT2D eigenvalue weighted by atomic mass is 16.6. The van der Waals surface area contributed by atoms with Crippen molar-refractivity contribution in [1.29, 1.82) is 0 Å². The SMILES string of the molecule is CC(C)(C)OC(=O)[C@@H]1C[C@H](OC(=O)c2ccc(-c3ccccn3)cc2)CN1C(=O)OC(C)(C)C. The van der Waals surface area contributed by atoms with Gasteiger partial charge in [0.25, 0.3) is 0 Å². The fourth-order valence-corrected chi connectivity index (χ4v) is 3.53. The molecular weight excluding hydrogens is 436 g/mol. The molecule has 182 valence electrons. The number of aromatic nitrogens is 1. The zero-order valence-electron chi connectivity index (χ0n) is 20.5. The van der Waals surface area contributed by atoms with Gasteiger partial charge in [0.15, 0.2) is 0 Å². The maximum Gasteiger partial charge on any atom is 0.411 e. The summed E-state index contributed by atoms with van der Waals surface area (Å²) >= 11 is 0. The first-order valence-corrected chi connectivity index (χ1v) is 11.3. The number of amides is 1. The smallest absolute Gasteiger partial charge is 0.411 e. The fraction of sp³-hybridized carbons (Fsp3) is 0.462. The van der Waals surface area contributed by atoms with Crippen molar-refractivity contribution in [2.24, 2.45) is 0 Å². The molecule has 1 fully saturated rings. The van der Waals surface area contributed by atoms with Crippen molar-refractivity contribution >= 4 is 18.0 Å². The lowest BCUT2D eigenvalue weighted by atomic mass is 10.1. The second kappa shape index (κ2) is 9.83. The molecule has 1 aromatic heterocycles. The van der Waals surface area contributed by atoms with Crippen LogP contribution in [-0.2, 0) is 19.0 Å². The monoisotopic (exact) mass is 468 g/mol. The van der Waals surface area contributed by atoms with E-state index in [2.05, 4.69) is 4.98 Å². The summed E-state index contributed by atoms with van der Waals surface area (Å²) in [4.78, 5) is 43.9. The second-order valence-corrected chi connectivity index (χ2v) is 10.2.